The third-order valence-corrected chi connectivity index (χ3v) is 5.06. The van der Waals surface area contributed by atoms with Crippen molar-refractivity contribution in [3.63, 3.8) is 0 Å². The molecule has 1 aromatic heterocycles. The van der Waals surface area contributed by atoms with Crippen LogP contribution in [0.5, 0.6) is 11.5 Å². The number of rotatable bonds is 6. The summed E-state index contributed by atoms with van der Waals surface area (Å²) in [5, 5.41) is 0.833. The number of carbonyl (C=O) groups excluding carboxylic acids is 1. The Morgan fingerprint density at radius 3 is 2.61 bits per heavy atom. The molecule has 3 aromatic rings. The Morgan fingerprint density at radius 1 is 1.11 bits per heavy atom. The number of para-hydroxylation sites is 1. The fraction of sp³-hybridized carbons (Fsp3) is 0.273. The van der Waals surface area contributed by atoms with Crippen LogP contribution in [-0.4, -0.2) is 36.1 Å². The molecule has 1 aliphatic carbocycles. The molecule has 1 aliphatic rings. The Hall–Kier alpha value is -3.28. The second kappa shape index (κ2) is 7.38. The van der Waals surface area contributed by atoms with Crippen molar-refractivity contribution in [2.75, 3.05) is 14.2 Å². The monoisotopic (exact) mass is 378 g/mol. The number of fused-ring (bicyclic) bond motifs is 1. The van der Waals surface area contributed by atoms with Crippen molar-refractivity contribution in [1.82, 2.24) is 9.88 Å². The van der Waals surface area contributed by atoms with Crippen LogP contribution in [0, 0.1) is 0 Å². The first-order valence-corrected chi connectivity index (χ1v) is 9.24. The van der Waals surface area contributed by atoms with E-state index in [9.17, 15) is 9.59 Å². The molecule has 6 nitrogen and oxygen atoms in total. The van der Waals surface area contributed by atoms with E-state index in [-0.39, 0.29) is 23.1 Å². The second-order valence-electron chi connectivity index (χ2n) is 6.94. The molecule has 0 radical (unpaired) electrons. The summed E-state index contributed by atoms with van der Waals surface area (Å²) in [5.74, 6) is 1.12. The lowest BCUT2D eigenvalue weighted by molar-refractivity contribution is 0.0727. The number of ether oxygens (including phenoxy) is 2. The molecule has 0 atom stereocenters. The molecule has 6 heteroatoms. The molecule has 0 bridgehead atoms. The highest BCUT2D eigenvalue weighted by Crippen LogP contribution is 2.33. The number of methoxy groups -OCH3 is 2. The number of amides is 1. The fourth-order valence-electron chi connectivity index (χ4n) is 3.40. The summed E-state index contributed by atoms with van der Waals surface area (Å²) in [6.07, 6.45) is 1.87. The quantitative estimate of drug-likeness (QED) is 0.714. The lowest BCUT2D eigenvalue weighted by Gasteiger charge is -2.24. The van der Waals surface area contributed by atoms with Crippen molar-refractivity contribution < 1.29 is 14.3 Å². The van der Waals surface area contributed by atoms with Crippen LogP contribution in [0.2, 0.25) is 0 Å². The van der Waals surface area contributed by atoms with E-state index >= 15 is 0 Å². The number of carbonyl (C=O) groups is 1. The van der Waals surface area contributed by atoms with E-state index in [1.807, 2.05) is 42.5 Å². The minimum Gasteiger partial charge on any atom is -0.497 e. The van der Waals surface area contributed by atoms with Gasteiger partial charge in [-0.2, -0.15) is 0 Å². The SMILES string of the molecule is COc1ccc(OC)c(CN(C(=O)c2cc3ccccc3[nH]c2=O)C2CC2)c1. The molecule has 1 amide bonds. The van der Waals surface area contributed by atoms with Crippen LogP contribution in [0.25, 0.3) is 10.9 Å². The molecule has 0 aliphatic heterocycles. The molecule has 1 N–H and O–H groups in total. The molecule has 144 valence electrons. The second-order valence-corrected chi connectivity index (χ2v) is 6.94. The summed E-state index contributed by atoms with van der Waals surface area (Å²) >= 11 is 0. The van der Waals surface area contributed by atoms with Gasteiger partial charge in [-0.3, -0.25) is 9.59 Å². The van der Waals surface area contributed by atoms with Crippen molar-refractivity contribution >= 4 is 16.8 Å². The van der Waals surface area contributed by atoms with Crippen molar-refractivity contribution in [3.8, 4) is 11.5 Å². The molecule has 2 aromatic carbocycles. The predicted octanol–water partition coefficient (Wildman–Crippen LogP) is 3.35. The van der Waals surface area contributed by atoms with E-state index in [4.69, 9.17) is 9.47 Å². The van der Waals surface area contributed by atoms with Gasteiger partial charge in [-0.25, -0.2) is 0 Å². The van der Waals surface area contributed by atoms with Gasteiger partial charge in [0.15, 0.2) is 0 Å². The Morgan fingerprint density at radius 2 is 1.89 bits per heavy atom. The van der Waals surface area contributed by atoms with Crippen LogP contribution >= 0.6 is 0 Å². The topological polar surface area (TPSA) is 71.6 Å². The van der Waals surface area contributed by atoms with Gasteiger partial charge >= 0.3 is 0 Å². The molecule has 4 rings (SSSR count). The van der Waals surface area contributed by atoms with Gasteiger partial charge in [-0.1, -0.05) is 18.2 Å². The highest BCUT2D eigenvalue weighted by Gasteiger charge is 2.34. The number of hydrogen-bond donors (Lipinski definition) is 1. The van der Waals surface area contributed by atoms with Crippen molar-refractivity contribution in [2.45, 2.75) is 25.4 Å². The van der Waals surface area contributed by atoms with Gasteiger partial charge in [0.2, 0.25) is 0 Å². The molecule has 0 saturated heterocycles. The molecular formula is C22H22N2O4. The predicted molar refractivity (Wildman–Crippen MR) is 107 cm³/mol. The first-order valence-electron chi connectivity index (χ1n) is 9.24. The molecule has 1 fully saturated rings. The van der Waals surface area contributed by atoms with Gasteiger partial charge in [0.25, 0.3) is 11.5 Å². The van der Waals surface area contributed by atoms with Gasteiger partial charge in [-0.15, -0.1) is 0 Å². The van der Waals surface area contributed by atoms with Crippen LogP contribution in [-0.2, 0) is 6.54 Å². The minimum absolute atomic E-state index is 0.134. The zero-order valence-corrected chi connectivity index (χ0v) is 15.9. The number of nitrogens with one attached hydrogen (secondary N) is 1. The first-order chi connectivity index (χ1) is 13.6. The molecule has 0 spiro atoms. The zero-order chi connectivity index (χ0) is 19.7. The summed E-state index contributed by atoms with van der Waals surface area (Å²) < 4.78 is 10.8. The van der Waals surface area contributed by atoms with Crippen LogP contribution in [0.1, 0.15) is 28.8 Å². The number of hydrogen-bond acceptors (Lipinski definition) is 4. The van der Waals surface area contributed by atoms with E-state index in [0.717, 1.165) is 29.3 Å². The zero-order valence-electron chi connectivity index (χ0n) is 15.9. The standard InChI is InChI=1S/C22H22N2O4/c1-27-17-9-10-20(28-2)15(11-17)13-24(16-7-8-16)22(26)18-12-14-5-3-4-6-19(14)23-21(18)25/h3-6,9-12,16H,7-8,13H2,1-2H3,(H,23,25). The lowest BCUT2D eigenvalue weighted by Crippen LogP contribution is -2.36. The van der Waals surface area contributed by atoms with Crippen molar-refractivity contribution in [3.05, 3.63) is 70.0 Å². The van der Waals surface area contributed by atoms with E-state index in [2.05, 4.69) is 4.98 Å². The third kappa shape index (κ3) is 3.45. The Labute approximate surface area is 162 Å². The fourth-order valence-corrected chi connectivity index (χ4v) is 3.40. The molecule has 0 unspecified atom stereocenters. The number of benzene rings is 2. The van der Waals surface area contributed by atoms with E-state index in [1.54, 1.807) is 25.2 Å². The Bertz CT molecular complexity index is 1090. The van der Waals surface area contributed by atoms with Crippen molar-refractivity contribution in [1.29, 1.82) is 0 Å². The van der Waals surface area contributed by atoms with Gasteiger partial charge in [-0.05, 0) is 48.6 Å². The molecule has 28 heavy (non-hydrogen) atoms. The number of pyridine rings is 1. The maximum absolute atomic E-state index is 13.3. The normalized spacial score (nSPS) is 13.4. The third-order valence-electron chi connectivity index (χ3n) is 5.06. The lowest BCUT2D eigenvalue weighted by atomic mass is 10.1. The average Bonchev–Trinajstić information content (AvgIpc) is 3.56. The van der Waals surface area contributed by atoms with Crippen LogP contribution < -0.4 is 15.0 Å². The first kappa shape index (κ1) is 18.1. The van der Waals surface area contributed by atoms with Crippen molar-refractivity contribution in [2.24, 2.45) is 0 Å². The molecular weight excluding hydrogens is 356 g/mol. The van der Waals surface area contributed by atoms with Crippen LogP contribution in [0.3, 0.4) is 0 Å². The van der Waals surface area contributed by atoms with Crippen LogP contribution in [0.4, 0.5) is 0 Å². The van der Waals surface area contributed by atoms with E-state index in [0.29, 0.717) is 18.0 Å². The summed E-state index contributed by atoms with van der Waals surface area (Å²) in [6.45, 7) is 0.357. The van der Waals surface area contributed by atoms with Gasteiger partial charge < -0.3 is 19.4 Å². The van der Waals surface area contributed by atoms with E-state index in [1.165, 1.54) is 0 Å². The van der Waals surface area contributed by atoms with Gasteiger partial charge in [0.1, 0.15) is 17.1 Å². The number of aromatic amines is 1. The number of H-pyrrole nitrogens is 1. The Balaban J connectivity index is 1.70. The molecule has 1 heterocycles. The number of aromatic nitrogens is 1. The van der Waals surface area contributed by atoms with E-state index < -0.39 is 0 Å². The van der Waals surface area contributed by atoms with Gasteiger partial charge in [0, 0.05) is 17.1 Å². The maximum Gasteiger partial charge on any atom is 0.261 e. The largest absolute Gasteiger partial charge is 0.497 e. The average molecular weight is 378 g/mol. The Kier molecular flexibility index (Phi) is 4.77. The highest BCUT2D eigenvalue weighted by molar-refractivity contribution is 5.97. The summed E-state index contributed by atoms with van der Waals surface area (Å²) in [6, 6.07) is 14.8. The highest BCUT2D eigenvalue weighted by atomic mass is 16.5. The number of nitrogens with zero attached hydrogens (tertiary/aromatic N) is 1. The summed E-state index contributed by atoms with van der Waals surface area (Å²) in [5.41, 5.74) is 1.36. The maximum atomic E-state index is 13.3. The summed E-state index contributed by atoms with van der Waals surface area (Å²) in [7, 11) is 3.20. The minimum atomic E-state index is -0.369. The smallest absolute Gasteiger partial charge is 0.261 e. The van der Waals surface area contributed by atoms with Gasteiger partial charge in [0.05, 0.1) is 20.8 Å². The summed E-state index contributed by atoms with van der Waals surface area (Å²) in [4.78, 5) is 30.4. The van der Waals surface area contributed by atoms with Crippen LogP contribution in [0.15, 0.2) is 53.3 Å². The molecule has 1 saturated carbocycles.